The number of amides is 1. The smallest absolute Gasteiger partial charge is 0.251 e. The van der Waals surface area contributed by atoms with Crippen molar-refractivity contribution in [2.45, 2.75) is 50.5 Å². The van der Waals surface area contributed by atoms with Crippen molar-refractivity contribution in [3.8, 4) is 0 Å². The van der Waals surface area contributed by atoms with Crippen LogP contribution in [0.2, 0.25) is 5.02 Å². The van der Waals surface area contributed by atoms with E-state index in [1.165, 1.54) is 16.4 Å². The summed E-state index contributed by atoms with van der Waals surface area (Å²) < 4.78 is 27.0. The van der Waals surface area contributed by atoms with Gasteiger partial charge in [0, 0.05) is 24.2 Å². The van der Waals surface area contributed by atoms with Crippen molar-refractivity contribution in [2.75, 3.05) is 13.1 Å². The number of sulfonamides is 1. The Kier molecular flexibility index (Phi) is 5.38. The molecule has 0 unspecified atom stereocenters. The molecule has 0 spiro atoms. The lowest BCUT2D eigenvalue weighted by molar-refractivity contribution is 0.0919. The molecule has 0 atom stereocenters. The average molecular weight is 359 g/mol. The van der Waals surface area contributed by atoms with Crippen LogP contribution in [0, 0.1) is 0 Å². The first kappa shape index (κ1) is 18.2. The second kappa shape index (κ2) is 6.79. The molecule has 1 aromatic carbocycles. The fourth-order valence-corrected chi connectivity index (χ4v) is 4.52. The van der Waals surface area contributed by atoms with Gasteiger partial charge in [-0.15, -0.1) is 0 Å². The molecule has 0 saturated carbocycles. The fraction of sp³-hybridized carbons (Fsp3) is 0.562. The van der Waals surface area contributed by atoms with E-state index >= 15 is 0 Å². The molecule has 128 valence electrons. The van der Waals surface area contributed by atoms with Crippen molar-refractivity contribution in [1.29, 1.82) is 0 Å². The molecule has 1 aliphatic rings. The standard InChI is InChI=1S/C16H23ClN2O3S/c1-16(2,3)18-15(20)12-7-8-13(17)14(11-12)23(21,22)19-9-5-4-6-10-19/h7-8,11H,4-6,9-10H2,1-3H3,(H,18,20). The van der Waals surface area contributed by atoms with Gasteiger partial charge in [-0.2, -0.15) is 4.31 Å². The van der Waals surface area contributed by atoms with Gasteiger partial charge in [0.2, 0.25) is 10.0 Å². The molecule has 23 heavy (non-hydrogen) atoms. The Balaban J connectivity index is 2.35. The van der Waals surface area contributed by atoms with Crippen molar-refractivity contribution in [3.63, 3.8) is 0 Å². The fourth-order valence-electron chi connectivity index (χ4n) is 2.50. The number of hydrogen-bond acceptors (Lipinski definition) is 3. The van der Waals surface area contributed by atoms with E-state index in [0.717, 1.165) is 19.3 Å². The Morgan fingerprint density at radius 2 is 1.78 bits per heavy atom. The summed E-state index contributed by atoms with van der Waals surface area (Å²) in [6.07, 6.45) is 2.73. The third kappa shape index (κ3) is 4.46. The summed E-state index contributed by atoms with van der Waals surface area (Å²) in [5.41, 5.74) is -0.109. The van der Waals surface area contributed by atoms with Crippen LogP contribution in [-0.2, 0) is 10.0 Å². The van der Waals surface area contributed by atoms with Gasteiger partial charge in [-0.05, 0) is 51.8 Å². The monoisotopic (exact) mass is 358 g/mol. The minimum Gasteiger partial charge on any atom is -0.347 e. The molecule has 2 rings (SSSR count). The summed E-state index contributed by atoms with van der Waals surface area (Å²) in [5, 5.41) is 2.96. The molecule has 0 aromatic heterocycles. The Morgan fingerprint density at radius 3 is 2.35 bits per heavy atom. The van der Waals surface area contributed by atoms with E-state index in [0.29, 0.717) is 18.7 Å². The molecule has 1 aromatic rings. The van der Waals surface area contributed by atoms with Gasteiger partial charge in [0.15, 0.2) is 0 Å². The molecule has 0 radical (unpaired) electrons. The summed E-state index contributed by atoms with van der Waals surface area (Å²) in [7, 11) is -3.67. The van der Waals surface area contributed by atoms with E-state index < -0.39 is 15.6 Å². The number of carbonyl (C=O) groups excluding carboxylic acids is 1. The van der Waals surface area contributed by atoms with Gasteiger partial charge in [0.1, 0.15) is 4.90 Å². The van der Waals surface area contributed by atoms with E-state index in [-0.39, 0.29) is 15.8 Å². The number of carbonyl (C=O) groups is 1. The summed E-state index contributed by atoms with van der Waals surface area (Å²) >= 11 is 6.10. The second-order valence-electron chi connectivity index (χ2n) is 6.81. The van der Waals surface area contributed by atoms with Gasteiger partial charge in [0.25, 0.3) is 5.91 Å². The van der Waals surface area contributed by atoms with Crippen LogP contribution in [0.1, 0.15) is 50.4 Å². The number of piperidine rings is 1. The van der Waals surface area contributed by atoms with Gasteiger partial charge < -0.3 is 5.32 Å². The molecule has 1 N–H and O–H groups in total. The number of hydrogen-bond donors (Lipinski definition) is 1. The minimum atomic E-state index is -3.67. The van der Waals surface area contributed by atoms with Gasteiger partial charge in [-0.3, -0.25) is 4.79 Å². The van der Waals surface area contributed by atoms with Gasteiger partial charge in [-0.25, -0.2) is 8.42 Å². The van der Waals surface area contributed by atoms with E-state index in [4.69, 9.17) is 11.6 Å². The second-order valence-corrected chi connectivity index (χ2v) is 9.13. The minimum absolute atomic E-state index is 0.00243. The highest BCUT2D eigenvalue weighted by molar-refractivity contribution is 7.89. The lowest BCUT2D eigenvalue weighted by Gasteiger charge is -2.26. The third-order valence-corrected chi connectivity index (χ3v) is 5.99. The van der Waals surface area contributed by atoms with Crippen LogP contribution in [0.15, 0.2) is 23.1 Å². The van der Waals surface area contributed by atoms with Crippen LogP contribution in [0.4, 0.5) is 0 Å². The first-order valence-electron chi connectivity index (χ1n) is 7.73. The SMILES string of the molecule is CC(C)(C)NC(=O)c1ccc(Cl)c(S(=O)(=O)N2CCCCC2)c1. The quantitative estimate of drug-likeness (QED) is 0.903. The van der Waals surface area contributed by atoms with Crippen molar-refractivity contribution in [3.05, 3.63) is 28.8 Å². The maximum absolute atomic E-state index is 12.8. The Hall–Kier alpha value is -1.11. The van der Waals surface area contributed by atoms with Crippen LogP contribution in [0.25, 0.3) is 0 Å². The molecule has 5 nitrogen and oxygen atoms in total. The Morgan fingerprint density at radius 1 is 1.17 bits per heavy atom. The molecule has 1 saturated heterocycles. The van der Waals surface area contributed by atoms with Gasteiger partial charge >= 0.3 is 0 Å². The van der Waals surface area contributed by atoms with Crippen molar-refractivity contribution >= 4 is 27.5 Å². The van der Waals surface area contributed by atoms with E-state index in [1.54, 1.807) is 6.07 Å². The van der Waals surface area contributed by atoms with Crippen molar-refractivity contribution < 1.29 is 13.2 Å². The highest BCUT2D eigenvalue weighted by Gasteiger charge is 2.29. The summed E-state index contributed by atoms with van der Waals surface area (Å²) in [6, 6.07) is 4.38. The van der Waals surface area contributed by atoms with Crippen LogP contribution in [0.5, 0.6) is 0 Å². The van der Waals surface area contributed by atoms with Crippen LogP contribution < -0.4 is 5.32 Å². The predicted molar refractivity (Wildman–Crippen MR) is 91.3 cm³/mol. The highest BCUT2D eigenvalue weighted by atomic mass is 35.5. The first-order valence-corrected chi connectivity index (χ1v) is 9.55. The van der Waals surface area contributed by atoms with E-state index in [1.807, 2.05) is 20.8 Å². The normalized spacial score (nSPS) is 17.0. The molecule has 1 fully saturated rings. The molecular weight excluding hydrogens is 336 g/mol. The van der Waals surface area contributed by atoms with Crippen LogP contribution in [0.3, 0.4) is 0 Å². The zero-order valence-electron chi connectivity index (χ0n) is 13.7. The Labute approximate surface area is 143 Å². The number of rotatable bonds is 3. The van der Waals surface area contributed by atoms with Crippen LogP contribution >= 0.6 is 11.6 Å². The van der Waals surface area contributed by atoms with Crippen LogP contribution in [-0.4, -0.2) is 37.3 Å². The molecule has 0 aliphatic carbocycles. The molecule has 7 heteroatoms. The predicted octanol–water partition coefficient (Wildman–Crippen LogP) is 3.04. The summed E-state index contributed by atoms with van der Waals surface area (Å²) in [5.74, 6) is -0.315. The summed E-state index contributed by atoms with van der Waals surface area (Å²) in [6.45, 7) is 6.60. The maximum atomic E-state index is 12.8. The van der Waals surface area contributed by atoms with Crippen molar-refractivity contribution in [2.24, 2.45) is 0 Å². The highest BCUT2D eigenvalue weighted by Crippen LogP contribution is 2.28. The summed E-state index contributed by atoms with van der Waals surface area (Å²) in [4.78, 5) is 12.3. The van der Waals surface area contributed by atoms with Gasteiger partial charge in [-0.1, -0.05) is 18.0 Å². The molecule has 0 bridgehead atoms. The number of nitrogens with one attached hydrogen (secondary N) is 1. The lowest BCUT2D eigenvalue weighted by atomic mass is 10.1. The topological polar surface area (TPSA) is 66.5 Å². The number of nitrogens with zero attached hydrogens (tertiary/aromatic N) is 1. The van der Waals surface area contributed by atoms with E-state index in [2.05, 4.69) is 5.32 Å². The average Bonchev–Trinajstić information content (AvgIpc) is 2.46. The number of halogens is 1. The largest absolute Gasteiger partial charge is 0.347 e. The lowest BCUT2D eigenvalue weighted by Crippen LogP contribution is -2.40. The van der Waals surface area contributed by atoms with Gasteiger partial charge in [0.05, 0.1) is 5.02 Å². The zero-order valence-corrected chi connectivity index (χ0v) is 15.3. The third-order valence-electron chi connectivity index (χ3n) is 3.61. The molecule has 1 amide bonds. The Bertz CT molecular complexity index is 690. The molecule has 1 aliphatic heterocycles. The number of benzene rings is 1. The van der Waals surface area contributed by atoms with Crippen molar-refractivity contribution in [1.82, 2.24) is 9.62 Å². The molecular formula is C16H23ClN2O3S. The first-order chi connectivity index (χ1) is 10.6. The maximum Gasteiger partial charge on any atom is 0.251 e. The zero-order chi connectivity index (χ0) is 17.3. The molecule has 1 heterocycles. The van der Waals surface area contributed by atoms with E-state index in [9.17, 15) is 13.2 Å².